The smallest absolute Gasteiger partial charge is 0.230 e. The zero-order chi connectivity index (χ0) is 21.3. The van der Waals surface area contributed by atoms with Crippen molar-refractivity contribution in [2.75, 3.05) is 17.7 Å². The van der Waals surface area contributed by atoms with Crippen LogP contribution in [0.4, 0.5) is 16.0 Å². The summed E-state index contributed by atoms with van der Waals surface area (Å²) in [6.07, 6.45) is 3.69. The van der Waals surface area contributed by atoms with E-state index in [0.717, 1.165) is 24.1 Å². The van der Waals surface area contributed by atoms with Gasteiger partial charge in [-0.2, -0.15) is 4.98 Å². The van der Waals surface area contributed by atoms with Crippen LogP contribution in [0.3, 0.4) is 0 Å². The summed E-state index contributed by atoms with van der Waals surface area (Å²) in [6, 6.07) is 11.7. The zero-order valence-electron chi connectivity index (χ0n) is 16.5. The van der Waals surface area contributed by atoms with Crippen molar-refractivity contribution in [3.8, 4) is 17.1 Å². The minimum Gasteiger partial charge on any atom is -0.493 e. The van der Waals surface area contributed by atoms with E-state index >= 15 is 0 Å². The Morgan fingerprint density at radius 3 is 2.87 bits per heavy atom. The molecule has 1 aromatic heterocycles. The van der Waals surface area contributed by atoms with Gasteiger partial charge in [-0.05, 0) is 42.7 Å². The molecule has 0 amide bonds. The van der Waals surface area contributed by atoms with Gasteiger partial charge < -0.3 is 14.6 Å². The average Bonchev–Trinajstić information content (AvgIpc) is 2.73. The quantitative estimate of drug-likeness (QED) is 0.364. The number of halogens is 1. The Hall–Kier alpha value is -2.91. The molecule has 3 rings (SSSR count). The molecule has 0 radical (unpaired) electrons. The van der Waals surface area contributed by atoms with Crippen LogP contribution in [0.5, 0.6) is 5.75 Å². The summed E-state index contributed by atoms with van der Waals surface area (Å²) in [5.41, 5.74) is 2.24. The second-order valence-electron chi connectivity index (χ2n) is 6.58. The van der Waals surface area contributed by atoms with Gasteiger partial charge in [-0.15, -0.1) is 0 Å². The number of aromatic nitrogens is 3. The highest BCUT2D eigenvalue weighted by atomic mass is 32.2. The number of anilines is 2. The van der Waals surface area contributed by atoms with Gasteiger partial charge in [0.25, 0.3) is 0 Å². The number of hydrogen-bond donors (Lipinski definition) is 2. The fourth-order valence-corrected chi connectivity index (χ4v) is 3.16. The van der Waals surface area contributed by atoms with E-state index in [9.17, 15) is 8.60 Å². The lowest BCUT2D eigenvalue weighted by Gasteiger charge is -2.11. The van der Waals surface area contributed by atoms with E-state index < -0.39 is 16.9 Å². The molecule has 2 aromatic carbocycles. The topological polar surface area (TPSA) is 97.2 Å². The number of ether oxygens (including phenoxy) is 1. The van der Waals surface area contributed by atoms with Crippen LogP contribution in [-0.2, 0) is 17.5 Å². The minimum atomic E-state index is -1.83. The summed E-state index contributed by atoms with van der Waals surface area (Å²) in [5.74, 6) is 0.862. The Bertz CT molecular complexity index is 1020. The molecule has 0 fully saturated rings. The van der Waals surface area contributed by atoms with Gasteiger partial charge in [-0.25, -0.2) is 18.6 Å². The van der Waals surface area contributed by atoms with Crippen molar-refractivity contribution >= 4 is 22.7 Å². The van der Waals surface area contributed by atoms with Gasteiger partial charge in [0.05, 0.1) is 17.9 Å². The van der Waals surface area contributed by atoms with Gasteiger partial charge in [0.2, 0.25) is 5.95 Å². The highest BCUT2D eigenvalue weighted by Crippen LogP contribution is 2.29. The standard InChI is InChI=1S/C21H23FN4O3S/c1-2-3-10-29-19-13-16(22)7-8-18(19)20-23-14-24-21(26-20)25-17-6-4-5-15(12-17)9-11-30(27)28/h4-8,12-14H,2-3,9-11H2,1H3,(H,27,28)(H,23,24,25,26). The van der Waals surface area contributed by atoms with Crippen LogP contribution in [0, 0.1) is 5.82 Å². The molecule has 0 bridgehead atoms. The van der Waals surface area contributed by atoms with Crippen LogP contribution in [0.2, 0.25) is 0 Å². The summed E-state index contributed by atoms with van der Waals surface area (Å²) in [4.78, 5) is 12.8. The van der Waals surface area contributed by atoms with Gasteiger partial charge in [0.15, 0.2) is 16.9 Å². The molecule has 0 saturated carbocycles. The fourth-order valence-electron chi connectivity index (χ4n) is 2.75. The predicted molar refractivity (Wildman–Crippen MR) is 115 cm³/mol. The van der Waals surface area contributed by atoms with Crippen LogP contribution in [-0.4, -0.2) is 36.1 Å². The van der Waals surface area contributed by atoms with Crippen molar-refractivity contribution in [2.24, 2.45) is 0 Å². The van der Waals surface area contributed by atoms with Crippen molar-refractivity contribution in [1.29, 1.82) is 0 Å². The number of benzene rings is 2. The molecule has 1 unspecified atom stereocenters. The molecule has 0 spiro atoms. The summed E-state index contributed by atoms with van der Waals surface area (Å²) in [6.45, 7) is 2.53. The number of aryl methyl sites for hydroxylation is 1. The molecule has 3 aromatic rings. The van der Waals surface area contributed by atoms with Gasteiger partial charge in [0, 0.05) is 11.8 Å². The molecule has 30 heavy (non-hydrogen) atoms. The summed E-state index contributed by atoms with van der Waals surface area (Å²) >= 11 is -1.83. The monoisotopic (exact) mass is 430 g/mol. The lowest BCUT2D eigenvalue weighted by Crippen LogP contribution is -2.03. The van der Waals surface area contributed by atoms with E-state index in [1.165, 1.54) is 18.5 Å². The molecule has 1 atom stereocenters. The lowest BCUT2D eigenvalue weighted by atomic mass is 10.1. The van der Waals surface area contributed by atoms with E-state index in [1.54, 1.807) is 6.07 Å². The van der Waals surface area contributed by atoms with Crippen LogP contribution < -0.4 is 10.1 Å². The summed E-state index contributed by atoms with van der Waals surface area (Å²) in [7, 11) is 0. The van der Waals surface area contributed by atoms with Crippen molar-refractivity contribution in [3.63, 3.8) is 0 Å². The Labute approximate surface area is 177 Å². The number of hydrogen-bond acceptors (Lipinski definition) is 6. The highest BCUT2D eigenvalue weighted by molar-refractivity contribution is 7.79. The van der Waals surface area contributed by atoms with Gasteiger partial charge in [0.1, 0.15) is 17.9 Å². The Balaban J connectivity index is 1.80. The van der Waals surface area contributed by atoms with Gasteiger partial charge in [-0.1, -0.05) is 25.5 Å². The maximum absolute atomic E-state index is 13.7. The molecular formula is C21H23FN4O3S. The minimum absolute atomic E-state index is 0.171. The van der Waals surface area contributed by atoms with Crippen molar-refractivity contribution in [3.05, 3.63) is 60.2 Å². The molecule has 0 aliphatic heterocycles. The van der Waals surface area contributed by atoms with E-state index in [2.05, 4.69) is 27.2 Å². The Morgan fingerprint density at radius 1 is 1.20 bits per heavy atom. The molecule has 0 aliphatic carbocycles. The van der Waals surface area contributed by atoms with Gasteiger partial charge >= 0.3 is 0 Å². The number of nitrogens with zero attached hydrogens (tertiary/aromatic N) is 3. The van der Waals surface area contributed by atoms with Crippen molar-refractivity contribution in [2.45, 2.75) is 26.2 Å². The number of rotatable bonds is 10. The molecule has 0 aliphatic rings. The first-order chi connectivity index (χ1) is 14.5. The van der Waals surface area contributed by atoms with E-state index in [0.29, 0.717) is 36.1 Å². The second-order valence-corrected chi connectivity index (χ2v) is 7.63. The first-order valence-corrected chi connectivity index (χ1v) is 10.9. The van der Waals surface area contributed by atoms with E-state index in [4.69, 9.17) is 9.29 Å². The SMILES string of the molecule is CCCCOc1cc(F)ccc1-c1ncnc(Nc2cccc(CCS(=O)O)c2)n1. The largest absolute Gasteiger partial charge is 0.493 e. The van der Waals surface area contributed by atoms with E-state index in [1.807, 2.05) is 24.3 Å². The normalized spacial score (nSPS) is 11.8. The Kier molecular flexibility index (Phi) is 7.81. The van der Waals surface area contributed by atoms with Crippen LogP contribution in [0.1, 0.15) is 25.3 Å². The van der Waals surface area contributed by atoms with Crippen molar-refractivity contribution < 1.29 is 17.9 Å². The highest BCUT2D eigenvalue weighted by Gasteiger charge is 2.12. The molecular weight excluding hydrogens is 407 g/mol. The summed E-state index contributed by atoms with van der Waals surface area (Å²) in [5, 5.41) is 3.11. The van der Waals surface area contributed by atoms with Crippen molar-refractivity contribution in [1.82, 2.24) is 15.0 Å². The summed E-state index contributed by atoms with van der Waals surface area (Å²) < 4.78 is 39.3. The average molecular weight is 431 g/mol. The molecule has 158 valence electrons. The third-order valence-electron chi connectivity index (χ3n) is 4.26. The number of nitrogens with one attached hydrogen (secondary N) is 1. The predicted octanol–water partition coefficient (Wildman–Crippen LogP) is 4.36. The maximum Gasteiger partial charge on any atom is 0.230 e. The number of unbranched alkanes of at least 4 members (excludes halogenated alkanes) is 1. The third-order valence-corrected chi connectivity index (χ3v) is 4.81. The molecule has 0 saturated heterocycles. The third kappa shape index (κ3) is 6.30. The molecule has 7 nitrogen and oxygen atoms in total. The van der Waals surface area contributed by atoms with Crippen LogP contribution >= 0.6 is 0 Å². The lowest BCUT2D eigenvalue weighted by molar-refractivity contribution is 0.309. The Morgan fingerprint density at radius 2 is 2.07 bits per heavy atom. The second kappa shape index (κ2) is 10.7. The molecule has 9 heteroatoms. The zero-order valence-corrected chi connectivity index (χ0v) is 17.4. The van der Waals surface area contributed by atoms with Crippen LogP contribution in [0.15, 0.2) is 48.8 Å². The molecule has 1 heterocycles. The first kappa shape index (κ1) is 21.8. The van der Waals surface area contributed by atoms with Gasteiger partial charge in [-0.3, -0.25) is 0 Å². The van der Waals surface area contributed by atoms with Crippen LogP contribution in [0.25, 0.3) is 11.4 Å². The first-order valence-electron chi connectivity index (χ1n) is 9.60. The van der Waals surface area contributed by atoms with E-state index in [-0.39, 0.29) is 5.75 Å². The maximum atomic E-state index is 13.7. The fraction of sp³-hybridized carbons (Fsp3) is 0.286. The molecule has 2 N–H and O–H groups in total.